The van der Waals surface area contributed by atoms with Crippen molar-refractivity contribution in [2.24, 2.45) is 0 Å². The molecule has 0 aliphatic rings. The van der Waals surface area contributed by atoms with Crippen molar-refractivity contribution in [3.63, 3.8) is 0 Å². The molecule has 21 heavy (non-hydrogen) atoms. The number of rotatable bonds is 3. The van der Waals surface area contributed by atoms with E-state index in [2.05, 4.69) is 15.3 Å². The van der Waals surface area contributed by atoms with Crippen molar-refractivity contribution >= 4 is 16.9 Å². The molecule has 5 heteroatoms. The van der Waals surface area contributed by atoms with Crippen LogP contribution in [0.1, 0.15) is 21.7 Å². The Hall–Kier alpha value is -2.69. The average molecular weight is 283 g/mol. The zero-order valence-corrected chi connectivity index (χ0v) is 11.5. The van der Waals surface area contributed by atoms with Gasteiger partial charge in [-0.3, -0.25) is 4.79 Å². The van der Waals surface area contributed by atoms with E-state index in [0.717, 1.165) is 16.9 Å². The number of imidazole rings is 1. The lowest BCUT2D eigenvalue weighted by molar-refractivity contribution is 0.0950. The van der Waals surface area contributed by atoms with Crippen molar-refractivity contribution in [2.75, 3.05) is 0 Å². The van der Waals surface area contributed by atoms with Crippen LogP contribution in [0.25, 0.3) is 11.0 Å². The lowest BCUT2D eigenvalue weighted by Gasteiger charge is -2.06. The van der Waals surface area contributed by atoms with Crippen molar-refractivity contribution in [2.45, 2.75) is 13.5 Å². The summed E-state index contributed by atoms with van der Waals surface area (Å²) in [7, 11) is 0. The van der Waals surface area contributed by atoms with Gasteiger partial charge in [-0.25, -0.2) is 9.37 Å². The van der Waals surface area contributed by atoms with Crippen molar-refractivity contribution in [3.8, 4) is 0 Å². The Kier molecular flexibility index (Phi) is 3.39. The smallest absolute Gasteiger partial charge is 0.251 e. The van der Waals surface area contributed by atoms with Crippen LogP contribution in [0, 0.1) is 12.7 Å². The van der Waals surface area contributed by atoms with Gasteiger partial charge in [-0.05, 0) is 31.2 Å². The van der Waals surface area contributed by atoms with Crippen LogP contribution in [-0.4, -0.2) is 15.9 Å². The van der Waals surface area contributed by atoms with Crippen molar-refractivity contribution in [1.82, 2.24) is 15.3 Å². The third-order valence-electron chi connectivity index (χ3n) is 3.26. The molecule has 1 aromatic heterocycles. The lowest BCUT2D eigenvalue weighted by Crippen LogP contribution is -2.23. The van der Waals surface area contributed by atoms with E-state index >= 15 is 0 Å². The van der Waals surface area contributed by atoms with Gasteiger partial charge in [0.25, 0.3) is 5.91 Å². The number of halogens is 1. The first-order valence-electron chi connectivity index (χ1n) is 6.61. The highest BCUT2D eigenvalue weighted by Gasteiger charge is 2.09. The van der Waals surface area contributed by atoms with Crippen LogP contribution in [0.5, 0.6) is 0 Å². The van der Waals surface area contributed by atoms with E-state index < -0.39 is 0 Å². The predicted octanol–water partition coefficient (Wildman–Crippen LogP) is 2.94. The van der Waals surface area contributed by atoms with Crippen LogP contribution in [0.15, 0.2) is 42.5 Å². The molecule has 2 N–H and O–H groups in total. The molecular weight excluding hydrogens is 269 g/mol. The van der Waals surface area contributed by atoms with Gasteiger partial charge < -0.3 is 10.3 Å². The number of carbonyl (C=O) groups is 1. The number of fused-ring (bicyclic) bond motifs is 1. The van der Waals surface area contributed by atoms with Gasteiger partial charge in [-0.15, -0.1) is 0 Å². The van der Waals surface area contributed by atoms with Gasteiger partial charge in [0.1, 0.15) is 11.6 Å². The lowest BCUT2D eigenvalue weighted by atomic mass is 10.1. The number of aromatic nitrogens is 2. The fourth-order valence-electron chi connectivity index (χ4n) is 2.20. The van der Waals surface area contributed by atoms with E-state index in [4.69, 9.17) is 0 Å². The molecule has 4 nitrogen and oxygen atoms in total. The second kappa shape index (κ2) is 5.36. The Bertz CT molecular complexity index is 810. The number of benzene rings is 2. The summed E-state index contributed by atoms with van der Waals surface area (Å²) in [6.45, 7) is 2.02. The molecule has 1 amide bonds. The molecule has 0 bridgehead atoms. The standard InChI is InChI=1S/C16H14FN3O/c1-10-19-14-7-6-11(8-15(14)20-10)16(21)18-9-12-4-2-3-5-13(12)17/h2-8H,9H2,1H3,(H,18,21)(H,19,20). The molecule has 0 atom stereocenters. The molecule has 3 rings (SSSR count). The maximum atomic E-state index is 13.5. The van der Waals surface area contributed by atoms with Gasteiger partial charge in [0, 0.05) is 17.7 Å². The molecule has 3 aromatic rings. The average Bonchev–Trinajstić information content (AvgIpc) is 2.85. The monoisotopic (exact) mass is 283 g/mol. The van der Waals surface area contributed by atoms with Gasteiger partial charge in [-0.1, -0.05) is 18.2 Å². The highest BCUT2D eigenvalue weighted by atomic mass is 19.1. The Balaban J connectivity index is 1.76. The first kappa shape index (κ1) is 13.3. The zero-order chi connectivity index (χ0) is 14.8. The number of nitrogens with zero attached hydrogens (tertiary/aromatic N) is 1. The number of amides is 1. The van der Waals surface area contributed by atoms with E-state index in [1.165, 1.54) is 6.07 Å². The second-order valence-corrected chi connectivity index (χ2v) is 4.83. The van der Waals surface area contributed by atoms with Gasteiger partial charge in [-0.2, -0.15) is 0 Å². The summed E-state index contributed by atoms with van der Waals surface area (Å²) in [6, 6.07) is 11.6. The quantitative estimate of drug-likeness (QED) is 0.776. The van der Waals surface area contributed by atoms with Crippen LogP contribution in [-0.2, 0) is 6.54 Å². The predicted molar refractivity (Wildman–Crippen MR) is 78.4 cm³/mol. The molecule has 106 valence electrons. The van der Waals surface area contributed by atoms with Crippen molar-refractivity contribution in [1.29, 1.82) is 0 Å². The van der Waals surface area contributed by atoms with Crippen LogP contribution in [0.2, 0.25) is 0 Å². The Morgan fingerprint density at radius 1 is 1.29 bits per heavy atom. The second-order valence-electron chi connectivity index (χ2n) is 4.83. The topological polar surface area (TPSA) is 57.8 Å². The first-order valence-corrected chi connectivity index (χ1v) is 6.61. The summed E-state index contributed by atoms with van der Waals surface area (Å²) in [5.74, 6) is 0.235. The maximum Gasteiger partial charge on any atom is 0.251 e. The summed E-state index contributed by atoms with van der Waals surface area (Å²) in [6.07, 6.45) is 0. The number of aromatic amines is 1. The van der Waals surface area contributed by atoms with E-state index in [9.17, 15) is 9.18 Å². The molecule has 0 spiro atoms. The van der Waals surface area contributed by atoms with Gasteiger partial charge in [0.05, 0.1) is 11.0 Å². The summed E-state index contributed by atoms with van der Waals surface area (Å²) in [5.41, 5.74) is 2.61. The Labute approximate surface area is 121 Å². The van der Waals surface area contributed by atoms with E-state index in [0.29, 0.717) is 11.1 Å². The minimum atomic E-state index is -0.322. The molecule has 0 aliphatic carbocycles. The molecule has 0 aliphatic heterocycles. The van der Waals surface area contributed by atoms with Crippen molar-refractivity contribution < 1.29 is 9.18 Å². The summed E-state index contributed by atoms with van der Waals surface area (Å²) < 4.78 is 13.5. The van der Waals surface area contributed by atoms with E-state index in [-0.39, 0.29) is 18.3 Å². The van der Waals surface area contributed by atoms with Gasteiger partial charge in [0.2, 0.25) is 0 Å². The van der Waals surface area contributed by atoms with Crippen LogP contribution < -0.4 is 5.32 Å². The number of nitrogens with one attached hydrogen (secondary N) is 2. The largest absolute Gasteiger partial charge is 0.348 e. The highest BCUT2D eigenvalue weighted by molar-refractivity contribution is 5.97. The minimum absolute atomic E-state index is 0.158. The number of aryl methyl sites for hydroxylation is 1. The first-order chi connectivity index (χ1) is 10.1. The number of H-pyrrole nitrogens is 1. The fourth-order valence-corrected chi connectivity index (χ4v) is 2.20. The Morgan fingerprint density at radius 2 is 2.10 bits per heavy atom. The summed E-state index contributed by atoms with van der Waals surface area (Å²) >= 11 is 0. The van der Waals surface area contributed by atoms with E-state index in [1.807, 2.05) is 6.92 Å². The summed E-state index contributed by atoms with van der Waals surface area (Å²) in [5, 5.41) is 2.71. The van der Waals surface area contributed by atoms with Crippen LogP contribution in [0.4, 0.5) is 4.39 Å². The fraction of sp³-hybridized carbons (Fsp3) is 0.125. The molecule has 0 fully saturated rings. The SMILES string of the molecule is Cc1nc2ccc(C(=O)NCc3ccccc3F)cc2[nH]1. The summed E-state index contributed by atoms with van der Waals surface area (Å²) in [4.78, 5) is 19.5. The van der Waals surface area contributed by atoms with Gasteiger partial charge >= 0.3 is 0 Å². The van der Waals surface area contributed by atoms with Gasteiger partial charge in [0.15, 0.2) is 0 Å². The van der Waals surface area contributed by atoms with Crippen molar-refractivity contribution in [3.05, 3.63) is 65.2 Å². The molecular formula is C16H14FN3O. The molecule has 0 saturated carbocycles. The maximum absolute atomic E-state index is 13.5. The van der Waals surface area contributed by atoms with Crippen LogP contribution in [0.3, 0.4) is 0 Å². The molecule has 1 heterocycles. The Morgan fingerprint density at radius 3 is 2.90 bits per heavy atom. The normalized spacial score (nSPS) is 10.8. The minimum Gasteiger partial charge on any atom is -0.348 e. The molecule has 0 saturated heterocycles. The zero-order valence-electron chi connectivity index (χ0n) is 11.5. The number of carbonyl (C=O) groups excluding carboxylic acids is 1. The highest BCUT2D eigenvalue weighted by Crippen LogP contribution is 2.14. The molecule has 2 aromatic carbocycles. The van der Waals surface area contributed by atoms with Crippen LogP contribution >= 0.6 is 0 Å². The number of hydrogen-bond donors (Lipinski definition) is 2. The third kappa shape index (κ3) is 2.76. The third-order valence-corrected chi connectivity index (χ3v) is 3.26. The number of hydrogen-bond acceptors (Lipinski definition) is 2. The molecule has 0 radical (unpaired) electrons. The van der Waals surface area contributed by atoms with E-state index in [1.54, 1.807) is 36.4 Å². The molecule has 0 unspecified atom stereocenters.